The Labute approximate surface area is 90.0 Å². The highest BCUT2D eigenvalue weighted by Crippen LogP contribution is 2.22. The summed E-state index contributed by atoms with van der Waals surface area (Å²) in [5.41, 5.74) is 0. The number of rotatable bonds is 4. The van der Waals surface area contributed by atoms with Crippen molar-refractivity contribution in [1.82, 2.24) is 9.55 Å². The number of ether oxygens (including phenoxy) is 1. The lowest BCUT2D eigenvalue weighted by Gasteiger charge is -2.07. The van der Waals surface area contributed by atoms with E-state index in [4.69, 9.17) is 0 Å². The Hall–Kier alpha value is -1.99. The number of aromatic nitrogens is 2. The zero-order valence-electron chi connectivity index (χ0n) is 8.71. The number of nitro groups is 1. The number of halogens is 1. The summed E-state index contributed by atoms with van der Waals surface area (Å²) in [4.78, 5) is 24.4. The lowest BCUT2D eigenvalue weighted by molar-refractivity contribution is -0.393. The number of hydrogen-bond donors (Lipinski definition) is 0. The normalized spacial score (nSPS) is 12.2. The van der Waals surface area contributed by atoms with Gasteiger partial charge in [-0.2, -0.15) is 8.96 Å². The van der Waals surface area contributed by atoms with Gasteiger partial charge < -0.3 is 14.9 Å². The fourth-order valence-corrected chi connectivity index (χ4v) is 1.17. The summed E-state index contributed by atoms with van der Waals surface area (Å²) in [5.74, 6) is -1.72. The fraction of sp³-hybridized carbons (Fsp3) is 0.500. The SMILES string of the molecule is CCOC(=O)C(F)n1c([N+](=O)[O-])cnc1C. The molecule has 0 aliphatic carbocycles. The van der Waals surface area contributed by atoms with Crippen LogP contribution in [0.4, 0.5) is 10.2 Å². The van der Waals surface area contributed by atoms with Crippen LogP contribution in [0, 0.1) is 17.0 Å². The van der Waals surface area contributed by atoms with Crippen molar-refractivity contribution in [3.8, 4) is 0 Å². The van der Waals surface area contributed by atoms with E-state index in [-0.39, 0.29) is 12.4 Å². The maximum absolute atomic E-state index is 13.6. The Bertz CT molecular complexity index is 417. The summed E-state index contributed by atoms with van der Waals surface area (Å²) in [7, 11) is 0. The van der Waals surface area contributed by atoms with Crippen LogP contribution in [0.1, 0.15) is 19.0 Å². The predicted octanol–water partition coefficient (Wildman–Crippen LogP) is 1.13. The van der Waals surface area contributed by atoms with E-state index in [9.17, 15) is 19.3 Å². The molecule has 88 valence electrons. The molecule has 0 aromatic carbocycles. The van der Waals surface area contributed by atoms with Gasteiger partial charge in [-0.1, -0.05) is 0 Å². The average Bonchev–Trinajstić information content (AvgIpc) is 2.59. The lowest BCUT2D eigenvalue weighted by Crippen LogP contribution is -2.20. The molecule has 0 fully saturated rings. The molecule has 1 unspecified atom stereocenters. The summed E-state index contributed by atoms with van der Waals surface area (Å²) in [6.07, 6.45) is -1.36. The molecule has 1 aromatic heterocycles. The third kappa shape index (κ3) is 2.15. The fourth-order valence-electron chi connectivity index (χ4n) is 1.17. The second-order valence-electron chi connectivity index (χ2n) is 2.88. The first kappa shape index (κ1) is 12.1. The van der Waals surface area contributed by atoms with E-state index in [0.717, 1.165) is 6.20 Å². The molecule has 0 amide bonds. The Morgan fingerprint density at radius 3 is 2.94 bits per heavy atom. The minimum absolute atomic E-state index is 0.000789. The number of aryl methyl sites for hydroxylation is 1. The molecule has 0 bridgehead atoms. The first-order valence-electron chi connectivity index (χ1n) is 4.48. The van der Waals surface area contributed by atoms with Crippen molar-refractivity contribution in [2.24, 2.45) is 0 Å². The van der Waals surface area contributed by atoms with Gasteiger partial charge >= 0.3 is 18.1 Å². The summed E-state index contributed by atoms with van der Waals surface area (Å²) in [5, 5.41) is 10.5. The molecule has 8 heteroatoms. The van der Waals surface area contributed by atoms with E-state index in [1.54, 1.807) is 0 Å². The molecule has 1 rings (SSSR count). The van der Waals surface area contributed by atoms with Crippen molar-refractivity contribution in [2.75, 3.05) is 6.61 Å². The summed E-state index contributed by atoms with van der Waals surface area (Å²) in [6.45, 7) is 2.87. The molecule has 0 saturated heterocycles. The topological polar surface area (TPSA) is 87.3 Å². The van der Waals surface area contributed by atoms with Crippen LogP contribution < -0.4 is 0 Å². The van der Waals surface area contributed by atoms with Crippen LogP contribution in [0.3, 0.4) is 0 Å². The smallest absolute Gasteiger partial charge is 0.386 e. The molecule has 0 N–H and O–H groups in total. The average molecular weight is 231 g/mol. The maximum Gasteiger partial charge on any atom is 0.386 e. The van der Waals surface area contributed by atoms with Crippen LogP contribution in [-0.4, -0.2) is 27.1 Å². The van der Waals surface area contributed by atoms with Gasteiger partial charge in [0, 0.05) is 6.92 Å². The van der Waals surface area contributed by atoms with Gasteiger partial charge in [-0.05, 0) is 11.8 Å². The molecule has 1 heterocycles. The number of hydrogen-bond acceptors (Lipinski definition) is 5. The number of carbonyl (C=O) groups excluding carboxylic acids is 1. The predicted molar refractivity (Wildman–Crippen MR) is 50.4 cm³/mol. The van der Waals surface area contributed by atoms with Gasteiger partial charge in [-0.25, -0.2) is 9.78 Å². The van der Waals surface area contributed by atoms with Gasteiger partial charge in [0.05, 0.1) is 6.61 Å². The minimum atomic E-state index is -2.25. The Morgan fingerprint density at radius 1 is 1.81 bits per heavy atom. The monoisotopic (exact) mass is 231 g/mol. The lowest BCUT2D eigenvalue weighted by atomic mass is 10.5. The second kappa shape index (κ2) is 4.69. The van der Waals surface area contributed by atoms with Crippen molar-refractivity contribution < 1.29 is 18.8 Å². The number of nitrogens with zero attached hydrogens (tertiary/aromatic N) is 3. The summed E-state index contributed by atoms with van der Waals surface area (Å²) < 4.78 is 18.6. The third-order valence-corrected chi connectivity index (χ3v) is 1.86. The number of imidazole rings is 1. The Kier molecular flexibility index (Phi) is 3.54. The zero-order valence-corrected chi connectivity index (χ0v) is 8.71. The summed E-state index contributed by atoms with van der Waals surface area (Å²) >= 11 is 0. The van der Waals surface area contributed by atoms with Gasteiger partial charge in [-0.3, -0.25) is 0 Å². The zero-order chi connectivity index (χ0) is 12.3. The van der Waals surface area contributed by atoms with Crippen LogP contribution in [0.5, 0.6) is 0 Å². The molecular weight excluding hydrogens is 221 g/mol. The van der Waals surface area contributed by atoms with Gasteiger partial charge in [0.2, 0.25) is 0 Å². The van der Waals surface area contributed by atoms with Crippen LogP contribution >= 0.6 is 0 Å². The molecule has 0 saturated carbocycles. The Morgan fingerprint density at radius 2 is 2.44 bits per heavy atom. The van der Waals surface area contributed by atoms with E-state index < -0.39 is 23.0 Å². The molecule has 16 heavy (non-hydrogen) atoms. The van der Waals surface area contributed by atoms with Crippen LogP contribution in [-0.2, 0) is 9.53 Å². The minimum Gasteiger partial charge on any atom is -0.461 e. The molecule has 0 spiro atoms. The molecular formula is C8H10FN3O4. The highest BCUT2D eigenvalue weighted by Gasteiger charge is 2.32. The van der Waals surface area contributed by atoms with Crippen molar-refractivity contribution in [1.29, 1.82) is 0 Å². The largest absolute Gasteiger partial charge is 0.461 e. The molecule has 0 aliphatic rings. The molecule has 1 aromatic rings. The first-order valence-corrected chi connectivity index (χ1v) is 4.48. The van der Waals surface area contributed by atoms with Crippen LogP contribution in [0.15, 0.2) is 6.20 Å². The van der Waals surface area contributed by atoms with Gasteiger partial charge in [-0.15, -0.1) is 0 Å². The van der Waals surface area contributed by atoms with E-state index in [1.165, 1.54) is 13.8 Å². The quantitative estimate of drug-likeness (QED) is 0.440. The van der Waals surface area contributed by atoms with E-state index in [2.05, 4.69) is 9.72 Å². The molecule has 1 atom stereocenters. The first-order chi connectivity index (χ1) is 7.49. The number of carbonyl (C=O) groups is 1. The highest BCUT2D eigenvalue weighted by molar-refractivity contribution is 5.73. The standard InChI is InChI=1S/C8H10FN3O4/c1-3-16-8(13)7(9)11-5(2)10-4-6(11)12(14)15/h4,7H,3H2,1-2H3. The second-order valence-corrected chi connectivity index (χ2v) is 2.88. The van der Waals surface area contributed by atoms with E-state index in [0.29, 0.717) is 4.57 Å². The van der Waals surface area contributed by atoms with Gasteiger partial charge in [0.15, 0.2) is 5.82 Å². The third-order valence-electron chi connectivity index (χ3n) is 1.86. The highest BCUT2D eigenvalue weighted by atomic mass is 19.1. The van der Waals surface area contributed by atoms with Crippen molar-refractivity contribution in [3.05, 3.63) is 22.1 Å². The maximum atomic E-state index is 13.6. The molecule has 0 aliphatic heterocycles. The summed E-state index contributed by atoms with van der Waals surface area (Å²) in [6, 6.07) is 0. The molecule has 0 radical (unpaired) electrons. The Balaban J connectivity index is 3.06. The number of alkyl halides is 1. The van der Waals surface area contributed by atoms with Crippen molar-refractivity contribution in [3.63, 3.8) is 0 Å². The van der Waals surface area contributed by atoms with Gasteiger partial charge in [0.25, 0.3) is 0 Å². The van der Waals surface area contributed by atoms with Crippen molar-refractivity contribution in [2.45, 2.75) is 20.1 Å². The van der Waals surface area contributed by atoms with Gasteiger partial charge in [0.1, 0.15) is 6.20 Å². The van der Waals surface area contributed by atoms with E-state index >= 15 is 0 Å². The van der Waals surface area contributed by atoms with Crippen molar-refractivity contribution >= 4 is 11.8 Å². The molecule has 7 nitrogen and oxygen atoms in total. The van der Waals surface area contributed by atoms with Crippen LogP contribution in [0.25, 0.3) is 0 Å². The number of esters is 1. The van der Waals surface area contributed by atoms with Crippen LogP contribution in [0.2, 0.25) is 0 Å². The van der Waals surface area contributed by atoms with E-state index in [1.807, 2.05) is 0 Å².